The predicted molar refractivity (Wildman–Crippen MR) is 108 cm³/mol. The molecule has 1 saturated carbocycles. The molecule has 0 N–H and O–H groups in total. The highest BCUT2D eigenvalue weighted by molar-refractivity contribution is 5.76. The molecule has 0 spiro atoms. The van der Waals surface area contributed by atoms with E-state index in [1.54, 1.807) is 12.7 Å². The first kappa shape index (κ1) is 18.5. The van der Waals surface area contributed by atoms with Crippen LogP contribution in [0.15, 0.2) is 35.9 Å². The maximum Gasteiger partial charge on any atom is 0.224 e. The molecule has 1 amide bonds. The van der Waals surface area contributed by atoms with Crippen LogP contribution in [0.25, 0.3) is 0 Å². The van der Waals surface area contributed by atoms with Crippen LogP contribution in [0.5, 0.6) is 5.75 Å². The second-order valence-electron chi connectivity index (χ2n) is 9.01. The molecule has 1 aromatic rings. The highest BCUT2D eigenvalue weighted by atomic mass is 16.5. The summed E-state index contributed by atoms with van der Waals surface area (Å²) in [7, 11) is 1.68. The molecule has 4 nitrogen and oxygen atoms in total. The molecule has 1 aliphatic heterocycles. The van der Waals surface area contributed by atoms with Crippen molar-refractivity contribution in [2.24, 2.45) is 17.3 Å². The van der Waals surface area contributed by atoms with Crippen molar-refractivity contribution >= 4 is 5.91 Å². The van der Waals surface area contributed by atoms with E-state index in [9.17, 15) is 4.79 Å². The highest BCUT2D eigenvalue weighted by Gasteiger charge is 2.51. The molecule has 1 saturated heterocycles. The second kappa shape index (κ2) is 7.31. The maximum atomic E-state index is 12.6. The third-order valence-corrected chi connectivity index (χ3v) is 7.20. The first-order chi connectivity index (χ1) is 13.0. The van der Waals surface area contributed by atoms with E-state index in [0.717, 1.165) is 49.3 Å². The van der Waals surface area contributed by atoms with Gasteiger partial charge in [0.25, 0.3) is 0 Å². The minimum atomic E-state index is 0.273. The third-order valence-electron chi connectivity index (χ3n) is 7.20. The summed E-state index contributed by atoms with van der Waals surface area (Å²) in [6, 6.07) is 8.04. The zero-order valence-corrected chi connectivity index (χ0v) is 16.9. The molecule has 146 valence electrons. The van der Waals surface area contributed by atoms with Crippen LogP contribution in [0.4, 0.5) is 0 Å². The zero-order chi connectivity index (χ0) is 19.0. The van der Waals surface area contributed by atoms with Gasteiger partial charge in [-0.05, 0) is 47.8 Å². The summed E-state index contributed by atoms with van der Waals surface area (Å²) in [5, 5.41) is 0. The SMILES string of the molecule is COc1ccc(CN2CCN(CC3=CC[C@H]4C[C@@H]3C4(C)C)CCC2=O)cc1. The molecule has 0 unspecified atom stereocenters. The van der Waals surface area contributed by atoms with Crippen molar-refractivity contribution in [3.63, 3.8) is 0 Å². The minimum Gasteiger partial charge on any atom is -0.497 e. The zero-order valence-electron chi connectivity index (χ0n) is 16.9. The van der Waals surface area contributed by atoms with Crippen molar-refractivity contribution in [2.75, 3.05) is 33.3 Å². The van der Waals surface area contributed by atoms with Gasteiger partial charge in [0.2, 0.25) is 5.91 Å². The summed E-state index contributed by atoms with van der Waals surface area (Å²) in [4.78, 5) is 17.1. The van der Waals surface area contributed by atoms with E-state index in [2.05, 4.69) is 37.0 Å². The van der Waals surface area contributed by atoms with Crippen molar-refractivity contribution in [3.05, 3.63) is 41.5 Å². The average molecular weight is 369 g/mol. The molecular weight excluding hydrogens is 336 g/mol. The Balaban J connectivity index is 1.35. The number of hydrogen-bond donors (Lipinski definition) is 0. The van der Waals surface area contributed by atoms with Crippen LogP contribution in [0.1, 0.15) is 38.7 Å². The van der Waals surface area contributed by atoms with Crippen LogP contribution in [-0.4, -0.2) is 49.0 Å². The van der Waals surface area contributed by atoms with Crippen molar-refractivity contribution in [1.29, 1.82) is 0 Å². The molecule has 4 heteroatoms. The Hall–Kier alpha value is -1.81. The lowest BCUT2D eigenvalue weighted by molar-refractivity contribution is -0.130. The molecule has 0 aromatic heterocycles. The predicted octanol–water partition coefficient (Wildman–Crippen LogP) is 3.72. The summed E-state index contributed by atoms with van der Waals surface area (Å²) in [6.07, 6.45) is 5.73. The van der Waals surface area contributed by atoms with Gasteiger partial charge < -0.3 is 9.64 Å². The first-order valence-electron chi connectivity index (χ1n) is 10.3. The van der Waals surface area contributed by atoms with Gasteiger partial charge >= 0.3 is 0 Å². The van der Waals surface area contributed by atoms with Gasteiger partial charge in [0.15, 0.2) is 0 Å². The van der Waals surface area contributed by atoms with Gasteiger partial charge in [-0.2, -0.15) is 0 Å². The Morgan fingerprint density at radius 1 is 1.11 bits per heavy atom. The number of carbonyl (C=O) groups is 1. The lowest BCUT2D eigenvalue weighted by atomic mass is 9.49. The monoisotopic (exact) mass is 368 g/mol. The molecule has 0 radical (unpaired) electrons. The standard InChI is InChI=1S/C23H32N2O2/c1-23(2)19-7-6-18(21(23)14-19)16-24-11-10-22(26)25(13-12-24)15-17-4-8-20(27-3)9-5-17/h4-6,8-9,19,21H,7,10-16H2,1-3H3/t19-,21-/m0/s1. The number of ether oxygens (including phenoxy) is 1. The van der Waals surface area contributed by atoms with E-state index in [-0.39, 0.29) is 5.91 Å². The van der Waals surface area contributed by atoms with Gasteiger partial charge in [-0.15, -0.1) is 0 Å². The first-order valence-corrected chi connectivity index (χ1v) is 10.3. The van der Waals surface area contributed by atoms with Crippen LogP contribution in [-0.2, 0) is 11.3 Å². The molecule has 1 heterocycles. The minimum absolute atomic E-state index is 0.273. The Bertz CT molecular complexity index is 722. The summed E-state index contributed by atoms with van der Waals surface area (Å²) >= 11 is 0. The van der Waals surface area contributed by atoms with Gasteiger partial charge in [-0.3, -0.25) is 9.69 Å². The summed E-state index contributed by atoms with van der Waals surface area (Å²) in [5.74, 6) is 2.77. The number of rotatable bonds is 5. The molecule has 2 bridgehead atoms. The Labute approximate surface area is 163 Å². The average Bonchev–Trinajstić information content (AvgIpc) is 2.84. The van der Waals surface area contributed by atoms with Crippen LogP contribution < -0.4 is 4.74 Å². The smallest absolute Gasteiger partial charge is 0.224 e. The van der Waals surface area contributed by atoms with Crippen molar-refractivity contribution in [1.82, 2.24) is 9.80 Å². The fraction of sp³-hybridized carbons (Fsp3) is 0.609. The van der Waals surface area contributed by atoms with Gasteiger partial charge in [0, 0.05) is 39.1 Å². The lowest BCUT2D eigenvalue weighted by Crippen LogP contribution is -2.50. The van der Waals surface area contributed by atoms with Crippen LogP contribution in [0, 0.1) is 17.3 Å². The summed E-state index contributed by atoms with van der Waals surface area (Å²) < 4.78 is 5.22. The fourth-order valence-corrected chi connectivity index (χ4v) is 5.10. The van der Waals surface area contributed by atoms with E-state index in [4.69, 9.17) is 4.74 Å². The quantitative estimate of drug-likeness (QED) is 0.743. The Morgan fingerprint density at radius 3 is 2.56 bits per heavy atom. The van der Waals surface area contributed by atoms with Gasteiger partial charge in [0.1, 0.15) is 5.75 Å². The van der Waals surface area contributed by atoms with Crippen LogP contribution in [0.2, 0.25) is 0 Å². The van der Waals surface area contributed by atoms with Gasteiger partial charge in [0.05, 0.1) is 7.11 Å². The van der Waals surface area contributed by atoms with Gasteiger partial charge in [-0.25, -0.2) is 0 Å². The molecule has 4 aliphatic rings. The summed E-state index contributed by atoms with van der Waals surface area (Å²) in [6.45, 7) is 9.26. The van der Waals surface area contributed by atoms with E-state index in [0.29, 0.717) is 18.4 Å². The van der Waals surface area contributed by atoms with E-state index < -0.39 is 0 Å². The lowest BCUT2D eigenvalue weighted by Gasteiger charge is -2.57. The Kier molecular flexibility index (Phi) is 5.02. The van der Waals surface area contributed by atoms with Gasteiger partial charge in [-0.1, -0.05) is 37.6 Å². The summed E-state index contributed by atoms with van der Waals surface area (Å²) in [5.41, 5.74) is 3.26. The van der Waals surface area contributed by atoms with E-state index in [1.807, 2.05) is 17.0 Å². The molecule has 2 atom stereocenters. The highest BCUT2D eigenvalue weighted by Crippen LogP contribution is 2.59. The van der Waals surface area contributed by atoms with Crippen molar-refractivity contribution in [3.8, 4) is 5.75 Å². The molecule has 2 fully saturated rings. The van der Waals surface area contributed by atoms with Crippen LogP contribution in [0.3, 0.4) is 0 Å². The Morgan fingerprint density at radius 2 is 1.89 bits per heavy atom. The number of amides is 1. The second-order valence-corrected chi connectivity index (χ2v) is 9.01. The molecule has 3 aliphatic carbocycles. The largest absolute Gasteiger partial charge is 0.497 e. The molecule has 1 aromatic carbocycles. The topological polar surface area (TPSA) is 32.8 Å². The van der Waals surface area contributed by atoms with Crippen LogP contribution >= 0.6 is 0 Å². The number of benzene rings is 1. The maximum absolute atomic E-state index is 12.6. The number of nitrogens with zero attached hydrogens (tertiary/aromatic N) is 2. The molecule has 5 rings (SSSR count). The van der Waals surface area contributed by atoms with Crippen molar-refractivity contribution < 1.29 is 9.53 Å². The fourth-order valence-electron chi connectivity index (χ4n) is 5.10. The normalized spacial score (nSPS) is 27.6. The number of fused-ring (bicyclic) bond motifs is 1. The molecule has 27 heavy (non-hydrogen) atoms. The number of carbonyl (C=O) groups excluding carboxylic acids is 1. The van der Waals surface area contributed by atoms with E-state index in [1.165, 1.54) is 12.8 Å². The van der Waals surface area contributed by atoms with Crippen molar-refractivity contribution in [2.45, 2.75) is 39.7 Å². The number of allylic oxidation sites excluding steroid dienone is 1. The number of hydrogen-bond acceptors (Lipinski definition) is 3. The third kappa shape index (κ3) is 3.64. The van der Waals surface area contributed by atoms with E-state index >= 15 is 0 Å². The molecular formula is C23H32N2O2. The number of methoxy groups -OCH3 is 1.